The zero-order valence-corrected chi connectivity index (χ0v) is 25.0. The van der Waals surface area contributed by atoms with E-state index in [9.17, 15) is 9.59 Å². The number of hydrogen-bond donors (Lipinski definition) is 1. The first-order valence-electron chi connectivity index (χ1n) is 13.4. The summed E-state index contributed by atoms with van der Waals surface area (Å²) in [6.45, 7) is 7.26. The fraction of sp³-hybridized carbons (Fsp3) is 0.355. The van der Waals surface area contributed by atoms with Crippen LogP contribution in [0, 0.1) is 5.92 Å². The van der Waals surface area contributed by atoms with E-state index >= 15 is 0 Å². The van der Waals surface area contributed by atoms with E-state index < -0.39 is 5.60 Å². The normalized spacial score (nSPS) is 17.4. The predicted octanol–water partition coefficient (Wildman–Crippen LogP) is 8.86. The van der Waals surface area contributed by atoms with Crippen molar-refractivity contribution in [3.63, 3.8) is 0 Å². The summed E-state index contributed by atoms with van der Waals surface area (Å²) in [6.07, 6.45) is 2.32. The quantitative estimate of drug-likeness (QED) is 0.325. The number of nitrogens with zero attached hydrogens (tertiary/aromatic N) is 2. The second-order valence-corrected chi connectivity index (χ2v) is 12.5. The molecule has 3 amide bonds. The van der Waals surface area contributed by atoms with Crippen LogP contribution < -0.4 is 10.2 Å². The first-order valence-corrected chi connectivity index (χ1v) is 14.6. The molecule has 2 aliphatic rings. The van der Waals surface area contributed by atoms with Gasteiger partial charge in [0.15, 0.2) is 0 Å². The van der Waals surface area contributed by atoms with Crippen molar-refractivity contribution in [1.29, 1.82) is 0 Å². The molecule has 3 aromatic carbocycles. The SMILES string of the molecule is CC(C)(C)OC(=O)N1CCCC(Cc2cc(-c3ccccc3Cl)c3c(c2)N(c2c(Cl)cccc2Cl)C(=O)NC3)C1. The van der Waals surface area contributed by atoms with E-state index in [4.69, 9.17) is 39.5 Å². The molecule has 1 fully saturated rings. The van der Waals surface area contributed by atoms with Gasteiger partial charge in [0, 0.05) is 35.8 Å². The molecule has 0 radical (unpaired) electrons. The molecule has 9 heteroatoms. The average Bonchev–Trinajstić information content (AvgIpc) is 2.89. The van der Waals surface area contributed by atoms with Gasteiger partial charge in [-0.25, -0.2) is 9.59 Å². The number of nitrogens with one attached hydrogen (secondary N) is 1. The van der Waals surface area contributed by atoms with E-state index in [1.54, 1.807) is 28.0 Å². The van der Waals surface area contributed by atoms with Gasteiger partial charge in [-0.15, -0.1) is 0 Å². The van der Waals surface area contributed by atoms with Crippen LogP contribution in [0.4, 0.5) is 21.0 Å². The summed E-state index contributed by atoms with van der Waals surface area (Å²) in [5, 5.41) is 4.35. The molecule has 2 aliphatic heterocycles. The lowest BCUT2D eigenvalue weighted by Crippen LogP contribution is -2.43. The van der Waals surface area contributed by atoms with Crippen LogP contribution in [0.3, 0.4) is 0 Å². The van der Waals surface area contributed by atoms with Gasteiger partial charge in [0.05, 0.1) is 21.4 Å². The summed E-state index contributed by atoms with van der Waals surface area (Å²) in [5.41, 5.74) is 4.37. The Morgan fingerprint density at radius 2 is 1.70 bits per heavy atom. The summed E-state index contributed by atoms with van der Waals surface area (Å²) in [4.78, 5) is 29.5. The highest BCUT2D eigenvalue weighted by atomic mass is 35.5. The maximum Gasteiger partial charge on any atom is 0.410 e. The lowest BCUT2D eigenvalue weighted by Gasteiger charge is -2.35. The molecule has 5 rings (SSSR count). The Balaban J connectivity index is 1.57. The lowest BCUT2D eigenvalue weighted by molar-refractivity contribution is 0.0166. The molecule has 1 atom stereocenters. The van der Waals surface area contributed by atoms with Crippen LogP contribution in [0.5, 0.6) is 0 Å². The highest BCUT2D eigenvalue weighted by molar-refractivity contribution is 6.40. The van der Waals surface area contributed by atoms with Gasteiger partial charge >= 0.3 is 12.1 Å². The molecule has 0 spiro atoms. The van der Waals surface area contributed by atoms with Gasteiger partial charge in [-0.2, -0.15) is 0 Å². The fourth-order valence-corrected chi connectivity index (χ4v) is 6.28. The van der Waals surface area contributed by atoms with Gasteiger partial charge in [-0.3, -0.25) is 4.90 Å². The number of carbonyl (C=O) groups excluding carboxylic acids is 2. The second-order valence-electron chi connectivity index (χ2n) is 11.3. The van der Waals surface area contributed by atoms with Crippen LogP contribution in [0.15, 0.2) is 54.6 Å². The number of fused-ring (bicyclic) bond motifs is 1. The van der Waals surface area contributed by atoms with E-state index in [2.05, 4.69) is 11.4 Å². The Bertz CT molecular complexity index is 1430. The molecular weight excluding hydrogens is 569 g/mol. The fourth-order valence-electron chi connectivity index (χ4n) is 5.47. The largest absolute Gasteiger partial charge is 0.444 e. The van der Waals surface area contributed by atoms with Crippen molar-refractivity contribution in [2.24, 2.45) is 5.92 Å². The third kappa shape index (κ3) is 6.04. The summed E-state index contributed by atoms with van der Waals surface area (Å²) < 4.78 is 5.63. The molecule has 210 valence electrons. The van der Waals surface area contributed by atoms with E-state index in [-0.39, 0.29) is 18.0 Å². The summed E-state index contributed by atoms with van der Waals surface area (Å²) >= 11 is 19.9. The van der Waals surface area contributed by atoms with Gasteiger partial charge in [-0.05, 0) is 81.3 Å². The Kier molecular flexibility index (Phi) is 8.23. The average molecular weight is 601 g/mol. The number of benzene rings is 3. The Hall–Kier alpha value is -2.93. The predicted molar refractivity (Wildman–Crippen MR) is 162 cm³/mol. The molecular formula is C31H32Cl3N3O3. The number of likely N-dealkylation sites (tertiary alicyclic amines) is 1. The molecule has 2 heterocycles. The van der Waals surface area contributed by atoms with Gasteiger partial charge in [0.1, 0.15) is 5.60 Å². The number of halogens is 3. The summed E-state index contributed by atoms with van der Waals surface area (Å²) in [7, 11) is 0. The minimum Gasteiger partial charge on any atom is -0.444 e. The molecule has 3 aromatic rings. The number of rotatable bonds is 4. The highest BCUT2D eigenvalue weighted by Crippen LogP contribution is 2.45. The van der Waals surface area contributed by atoms with E-state index in [0.717, 1.165) is 41.5 Å². The number of ether oxygens (including phenoxy) is 1. The Morgan fingerprint density at radius 1 is 1.00 bits per heavy atom. The molecule has 0 bridgehead atoms. The molecule has 0 saturated carbocycles. The standard InChI is InChI=1S/C31H32Cl3N3O3/c1-31(2,3)40-30(39)36-13-7-8-19(18-36)14-20-15-22(21-9-4-5-10-24(21)32)23-17-35-29(38)37(27(23)16-20)28-25(33)11-6-12-26(28)34/h4-6,9-12,15-16,19H,7-8,13-14,17-18H2,1-3H3,(H,35,38). The lowest BCUT2D eigenvalue weighted by atomic mass is 9.87. The van der Waals surface area contributed by atoms with Crippen LogP contribution in [0.2, 0.25) is 15.1 Å². The topological polar surface area (TPSA) is 61.9 Å². The number of carbonyl (C=O) groups is 2. The van der Waals surface area contributed by atoms with Crippen LogP contribution in [0.25, 0.3) is 11.1 Å². The molecule has 1 unspecified atom stereocenters. The number of piperidine rings is 1. The zero-order chi connectivity index (χ0) is 28.6. The number of amides is 3. The summed E-state index contributed by atoms with van der Waals surface area (Å²) in [6, 6.07) is 16.8. The highest BCUT2D eigenvalue weighted by Gasteiger charge is 2.33. The maximum atomic E-state index is 13.3. The van der Waals surface area contributed by atoms with E-state index in [0.29, 0.717) is 46.1 Å². The molecule has 6 nitrogen and oxygen atoms in total. The third-order valence-electron chi connectivity index (χ3n) is 7.17. The third-order valence-corrected chi connectivity index (χ3v) is 8.11. The van der Waals surface area contributed by atoms with Crippen LogP contribution >= 0.6 is 34.8 Å². The first-order chi connectivity index (χ1) is 19.0. The minimum absolute atomic E-state index is 0.230. The van der Waals surface area contributed by atoms with Crippen LogP contribution in [-0.2, 0) is 17.7 Å². The molecule has 0 aromatic heterocycles. The first kappa shape index (κ1) is 28.6. The van der Waals surface area contributed by atoms with Crippen LogP contribution in [0.1, 0.15) is 44.7 Å². The van der Waals surface area contributed by atoms with Crippen molar-refractivity contribution < 1.29 is 14.3 Å². The number of para-hydroxylation sites is 1. The van der Waals surface area contributed by atoms with Crippen molar-refractivity contribution in [1.82, 2.24) is 10.2 Å². The van der Waals surface area contributed by atoms with Crippen LogP contribution in [-0.4, -0.2) is 35.7 Å². The van der Waals surface area contributed by atoms with Gasteiger partial charge in [0.25, 0.3) is 0 Å². The van der Waals surface area contributed by atoms with Gasteiger partial charge < -0.3 is 15.0 Å². The van der Waals surface area contributed by atoms with Crippen molar-refractivity contribution in [2.45, 2.75) is 52.2 Å². The second kappa shape index (κ2) is 11.5. The van der Waals surface area contributed by atoms with Crippen molar-refractivity contribution in [3.05, 3.63) is 80.8 Å². The molecule has 1 N–H and O–H groups in total. The van der Waals surface area contributed by atoms with Gasteiger partial charge in [-0.1, -0.05) is 65.1 Å². The Morgan fingerprint density at radius 3 is 2.40 bits per heavy atom. The minimum atomic E-state index is -0.545. The smallest absolute Gasteiger partial charge is 0.410 e. The number of hydrogen-bond acceptors (Lipinski definition) is 3. The number of anilines is 2. The van der Waals surface area contributed by atoms with E-state index in [1.807, 2.05) is 51.1 Å². The molecule has 0 aliphatic carbocycles. The number of urea groups is 1. The van der Waals surface area contributed by atoms with E-state index in [1.165, 1.54) is 0 Å². The Labute approximate surface area is 250 Å². The molecule has 1 saturated heterocycles. The molecule has 40 heavy (non-hydrogen) atoms. The monoisotopic (exact) mass is 599 g/mol. The van der Waals surface area contributed by atoms with Crippen molar-refractivity contribution >= 4 is 58.3 Å². The van der Waals surface area contributed by atoms with Crippen molar-refractivity contribution in [3.8, 4) is 11.1 Å². The maximum absolute atomic E-state index is 13.3. The summed E-state index contributed by atoms with van der Waals surface area (Å²) in [5.74, 6) is 0.230. The van der Waals surface area contributed by atoms with Gasteiger partial charge in [0.2, 0.25) is 0 Å². The zero-order valence-electron chi connectivity index (χ0n) is 22.8. The van der Waals surface area contributed by atoms with Crippen molar-refractivity contribution in [2.75, 3.05) is 18.0 Å².